The minimum atomic E-state index is -0.880. The predicted octanol–water partition coefficient (Wildman–Crippen LogP) is 4.27. The summed E-state index contributed by atoms with van der Waals surface area (Å²) < 4.78 is 6.07. The van der Waals surface area contributed by atoms with E-state index in [4.69, 9.17) is 10.5 Å². The molecule has 1 saturated heterocycles. The summed E-state index contributed by atoms with van der Waals surface area (Å²) in [6, 6.07) is 22.0. The van der Waals surface area contributed by atoms with E-state index in [1.165, 1.54) is 0 Å². The van der Waals surface area contributed by atoms with Crippen molar-refractivity contribution < 1.29 is 19.4 Å². The van der Waals surface area contributed by atoms with Gasteiger partial charge in [-0.15, -0.1) is 0 Å². The van der Waals surface area contributed by atoms with Crippen molar-refractivity contribution in [1.29, 1.82) is 0 Å². The van der Waals surface area contributed by atoms with Crippen LogP contribution in [-0.2, 0) is 27.4 Å². The third-order valence-corrected chi connectivity index (χ3v) is 7.96. The molecule has 4 N–H and O–H groups in total. The Balaban J connectivity index is 1.47. The van der Waals surface area contributed by atoms with Gasteiger partial charge in [0.25, 0.3) is 0 Å². The van der Waals surface area contributed by atoms with Gasteiger partial charge in [0, 0.05) is 23.7 Å². The number of aliphatic hydroxyl groups is 1. The molecule has 2 aromatic carbocycles. The summed E-state index contributed by atoms with van der Waals surface area (Å²) >= 11 is 0. The summed E-state index contributed by atoms with van der Waals surface area (Å²) in [4.78, 5) is 32.8. The van der Waals surface area contributed by atoms with Gasteiger partial charge in [0.2, 0.25) is 11.8 Å². The van der Waals surface area contributed by atoms with Crippen molar-refractivity contribution in [3.8, 4) is 11.3 Å². The number of hydrogen-bond acceptors (Lipinski definition) is 6. The van der Waals surface area contributed by atoms with Crippen molar-refractivity contribution in [3.05, 3.63) is 102 Å². The molecule has 8 nitrogen and oxygen atoms in total. The first-order valence-electron chi connectivity index (χ1n) is 15.0. The van der Waals surface area contributed by atoms with Crippen LogP contribution in [0, 0.1) is 5.41 Å². The second kappa shape index (κ2) is 15.0. The Labute approximate surface area is 255 Å². The van der Waals surface area contributed by atoms with Gasteiger partial charge in [0.1, 0.15) is 6.04 Å². The highest BCUT2D eigenvalue weighted by molar-refractivity contribution is 5.90. The van der Waals surface area contributed by atoms with E-state index < -0.39 is 29.5 Å². The normalized spacial score (nSPS) is 18.6. The molecular formula is C35H44N4O4. The van der Waals surface area contributed by atoms with Crippen molar-refractivity contribution >= 4 is 11.8 Å². The molecule has 43 heavy (non-hydrogen) atoms. The first kappa shape index (κ1) is 32.1. The fourth-order valence-corrected chi connectivity index (χ4v) is 5.36. The lowest BCUT2D eigenvalue weighted by Gasteiger charge is -2.32. The van der Waals surface area contributed by atoms with E-state index >= 15 is 0 Å². The lowest BCUT2D eigenvalue weighted by Crippen LogP contribution is -2.57. The third-order valence-electron chi connectivity index (χ3n) is 7.96. The fourth-order valence-electron chi connectivity index (χ4n) is 5.36. The third kappa shape index (κ3) is 8.83. The molecule has 1 aromatic heterocycles. The van der Waals surface area contributed by atoms with Gasteiger partial charge in [-0.3, -0.25) is 14.6 Å². The van der Waals surface area contributed by atoms with E-state index in [0.29, 0.717) is 19.6 Å². The molecule has 0 spiro atoms. The van der Waals surface area contributed by atoms with Gasteiger partial charge in [-0.2, -0.15) is 0 Å². The lowest BCUT2D eigenvalue weighted by atomic mass is 9.83. The molecule has 1 aliphatic rings. The van der Waals surface area contributed by atoms with Crippen LogP contribution in [0.4, 0.5) is 0 Å². The minimum Gasteiger partial charge on any atom is -0.395 e. The lowest BCUT2D eigenvalue weighted by molar-refractivity contribution is -0.141. The van der Waals surface area contributed by atoms with Crippen LogP contribution in [0.15, 0.2) is 91.1 Å². The highest BCUT2D eigenvalue weighted by atomic mass is 16.5. The number of aromatic nitrogens is 1. The molecule has 8 heteroatoms. The smallest absolute Gasteiger partial charge is 0.248 e. The first-order chi connectivity index (χ1) is 20.7. The number of ether oxygens (including phenoxy) is 1. The second-order valence-corrected chi connectivity index (χ2v) is 11.8. The summed E-state index contributed by atoms with van der Waals surface area (Å²) in [5, 5.41) is 13.3. The topological polar surface area (TPSA) is 118 Å². The molecule has 3 aromatic rings. The average molecular weight is 585 g/mol. The Morgan fingerprint density at radius 3 is 2.56 bits per heavy atom. The van der Waals surface area contributed by atoms with E-state index in [1.54, 1.807) is 20.0 Å². The van der Waals surface area contributed by atoms with E-state index in [2.05, 4.69) is 22.4 Å². The fraction of sp³-hybridized carbons (Fsp3) is 0.400. The second-order valence-electron chi connectivity index (χ2n) is 11.8. The summed E-state index contributed by atoms with van der Waals surface area (Å²) in [7, 11) is 0. The van der Waals surface area contributed by atoms with Crippen LogP contribution in [0.25, 0.3) is 11.3 Å². The zero-order chi connectivity index (χ0) is 30.8. The van der Waals surface area contributed by atoms with Crippen LogP contribution >= 0.6 is 0 Å². The molecule has 2 heterocycles. The van der Waals surface area contributed by atoms with Crippen LogP contribution in [-0.4, -0.2) is 64.2 Å². The molecule has 0 aliphatic carbocycles. The Morgan fingerprint density at radius 2 is 1.86 bits per heavy atom. The van der Waals surface area contributed by atoms with Crippen LogP contribution < -0.4 is 11.1 Å². The number of nitrogens with zero attached hydrogens (tertiary/aromatic N) is 2. The number of carbonyl (C=O) groups excluding carboxylic acids is 2. The number of nitrogens with two attached hydrogens (primary N) is 1. The summed E-state index contributed by atoms with van der Waals surface area (Å²) in [6.45, 7) is 6.26. The van der Waals surface area contributed by atoms with Gasteiger partial charge in [-0.05, 0) is 62.4 Å². The largest absolute Gasteiger partial charge is 0.395 e. The van der Waals surface area contributed by atoms with E-state index in [-0.39, 0.29) is 18.6 Å². The number of likely N-dealkylation sites (tertiary alicyclic amines) is 1. The number of benzene rings is 2. The van der Waals surface area contributed by atoms with Crippen molar-refractivity contribution in [2.45, 2.75) is 70.9 Å². The molecule has 1 aliphatic heterocycles. The van der Waals surface area contributed by atoms with Crippen LogP contribution in [0.1, 0.15) is 44.7 Å². The standard InChI is InChI=1S/C35H44N4O4/c1-25(36)33(41)38-32(26(2)43-23-27-11-5-4-6-12-27)34(42)39-20-10-15-30(39)17-18-35(3,24-40)22-28-13-9-14-29(21-28)31-16-7-8-19-37-31/h4-9,11-14,16-19,21,25-26,30,32,40H,10,15,20,22-24,36H2,1-3H3,(H,38,41)/b18-17+. The molecule has 0 saturated carbocycles. The van der Waals surface area contributed by atoms with E-state index in [9.17, 15) is 14.7 Å². The predicted molar refractivity (Wildman–Crippen MR) is 169 cm³/mol. The summed E-state index contributed by atoms with van der Waals surface area (Å²) in [5.41, 5.74) is 9.30. The Kier molecular flexibility index (Phi) is 11.2. The van der Waals surface area contributed by atoms with Crippen LogP contribution in [0.3, 0.4) is 0 Å². The monoisotopic (exact) mass is 584 g/mol. The van der Waals surface area contributed by atoms with Gasteiger partial charge in [-0.1, -0.05) is 73.7 Å². The SMILES string of the molecule is CC(N)C(=O)NC(C(=O)N1CCCC1/C=C/C(C)(CO)Cc1cccc(-c2ccccn2)c1)C(C)OCc1ccccc1. The number of pyridine rings is 1. The minimum absolute atomic E-state index is 0.0462. The van der Waals surface area contributed by atoms with Crippen molar-refractivity contribution in [3.63, 3.8) is 0 Å². The van der Waals surface area contributed by atoms with Gasteiger partial charge in [0.15, 0.2) is 0 Å². The summed E-state index contributed by atoms with van der Waals surface area (Å²) in [6.07, 6.45) is 7.53. The summed E-state index contributed by atoms with van der Waals surface area (Å²) in [5.74, 6) is -0.601. The van der Waals surface area contributed by atoms with Crippen molar-refractivity contribution in [2.24, 2.45) is 11.1 Å². The van der Waals surface area contributed by atoms with Gasteiger partial charge < -0.3 is 25.8 Å². The van der Waals surface area contributed by atoms with Crippen LogP contribution in [0.2, 0.25) is 0 Å². The average Bonchev–Trinajstić information content (AvgIpc) is 3.51. The number of nitrogens with one attached hydrogen (secondary N) is 1. The highest BCUT2D eigenvalue weighted by Gasteiger charge is 2.37. The number of hydrogen-bond donors (Lipinski definition) is 3. The highest BCUT2D eigenvalue weighted by Crippen LogP contribution is 2.29. The first-order valence-corrected chi connectivity index (χ1v) is 15.0. The van der Waals surface area contributed by atoms with E-state index in [1.807, 2.05) is 84.6 Å². The molecule has 5 unspecified atom stereocenters. The number of carbonyl (C=O) groups is 2. The molecule has 4 rings (SSSR count). The maximum atomic E-state index is 13.9. The maximum absolute atomic E-state index is 13.9. The Bertz CT molecular complexity index is 1360. The zero-order valence-corrected chi connectivity index (χ0v) is 25.4. The number of amides is 2. The van der Waals surface area contributed by atoms with Crippen molar-refractivity contribution in [1.82, 2.24) is 15.2 Å². The van der Waals surface area contributed by atoms with E-state index in [0.717, 1.165) is 35.2 Å². The molecule has 1 fully saturated rings. The van der Waals surface area contributed by atoms with Gasteiger partial charge >= 0.3 is 0 Å². The van der Waals surface area contributed by atoms with Gasteiger partial charge in [-0.25, -0.2) is 0 Å². The van der Waals surface area contributed by atoms with Crippen LogP contribution in [0.5, 0.6) is 0 Å². The molecule has 228 valence electrons. The number of aliphatic hydroxyl groups excluding tert-OH is 1. The molecular weight excluding hydrogens is 540 g/mol. The molecule has 5 atom stereocenters. The Morgan fingerprint density at radius 1 is 1.12 bits per heavy atom. The quantitative estimate of drug-likeness (QED) is 0.258. The van der Waals surface area contributed by atoms with Gasteiger partial charge in [0.05, 0.1) is 37.1 Å². The van der Waals surface area contributed by atoms with Crippen molar-refractivity contribution in [2.75, 3.05) is 13.2 Å². The maximum Gasteiger partial charge on any atom is 0.248 e. The molecule has 0 bridgehead atoms. The number of rotatable bonds is 13. The zero-order valence-electron chi connectivity index (χ0n) is 25.4. The molecule has 0 radical (unpaired) electrons. The Hall–Kier alpha value is -3.85. The molecule has 2 amide bonds.